The summed E-state index contributed by atoms with van der Waals surface area (Å²) in [6, 6.07) is 5.39. The molecule has 3 aliphatic rings. The van der Waals surface area contributed by atoms with Gasteiger partial charge in [-0.1, -0.05) is 19.4 Å². The van der Waals surface area contributed by atoms with Crippen molar-refractivity contribution in [2.75, 3.05) is 20.2 Å². The van der Waals surface area contributed by atoms with Gasteiger partial charge in [-0.05, 0) is 68.6 Å². The Kier molecular flexibility index (Phi) is 8.23. The van der Waals surface area contributed by atoms with Gasteiger partial charge in [-0.25, -0.2) is 0 Å². The fraction of sp³-hybridized carbons (Fsp3) is 0.567. The van der Waals surface area contributed by atoms with E-state index in [-0.39, 0.29) is 35.9 Å². The Balaban J connectivity index is 1.40. The normalized spacial score (nSPS) is 24.6. The van der Waals surface area contributed by atoms with Crippen molar-refractivity contribution < 1.29 is 28.7 Å². The molecule has 1 aromatic heterocycles. The van der Waals surface area contributed by atoms with Crippen molar-refractivity contribution in [3.8, 4) is 5.75 Å². The van der Waals surface area contributed by atoms with Gasteiger partial charge < -0.3 is 25.3 Å². The number of likely N-dealkylation sites (tertiary alicyclic amines) is 1. The fourth-order valence-corrected chi connectivity index (χ4v) is 6.82. The molecule has 3 amide bonds. The number of amides is 3. The van der Waals surface area contributed by atoms with E-state index in [2.05, 4.69) is 15.6 Å². The topological polar surface area (TPSA) is 138 Å². The van der Waals surface area contributed by atoms with Gasteiger partial charge in [-0.15, -0.1) is 0 Å². The average Bonchev–Trinajstić information content (AvgIpc) is 3.74. The lowest BCUT2D eigenvalue weighted by Crippen LogP contribution is -2.55. The maximum atomic E-state index is 13.9. The molecule has 0 spiro atoms. The van der Waals surface area contributed by atoms with Crippen molar-refractivity contribution in [3.05, 3.63) is 30.0 Å². The minimum atomic E-state index is -1.12. The van der Waals surface area contributed by atoms with Crippen molar-refractivity contribution in [1.29, 1.82) is 0 Å². The number of carbonyl (C=O) groups is 5. The van der Waals surface area contributed by atoms with Crippen molar-refractivity contribution >= 4 is 40.2 Å². The van der Waals surface area contributed by atoms with Crippen LogP contribution in [0.1, 0.15) is 68.8 Å². The predicted molar refractivity (Wildman–Crippen MR) is 148 cm³/mol. The molecule has 0 unspecified atom stereocenters. The van der Waals surface area contributed by atoms with E-state index in [1.807, 2.05) is 25.1 Å². The number of nitrogens with one attached hydrogen (secondary N) is 3. The summed E-state index contributed by atoms with van der Waals surface area (Å²) in [5.74, 6) is -1.74. The molecule has 2 aromatic rings. The number of hydrogen-bond donors (Lipinski definition) is 3. The van der Waals surface area contributed by atoms with Crippen LogP contribution in [0.25, 0.3) is 10.9 Å². The Morgan fingerprint density at radius 1 is 1.15 bits per heavy atom. The Morgan fingerprint density at radius 2 is 1.98 bits per heavy atom. The van der Waals surface area contributed by atoms with Crippen LogP contribution in [0.15, 0.2) is 24.3 Å². The Labute approximate surface area is 233 Å². The molecular formula is C30H38N4O6. The molecule has 3 N–H and O–H groups in total. The Hall–Kier alpha value is -3.69. The highest BCUT2D eigenvalue weighted by molar-refractivity contribution is 6.38. The molecule has 0 radical (unpaired) electrons. The molecule has 1 aromatic carbocycles. The van der Waals surface area contributed by atoms with E-state index in [1.165, 1.54) is 0 Å². The molecule has 3 fully saturated rings. The second-order valence-electron chi connectivity index (χ2n) is 11.3. The molecule has 40 heavy (non-hydrogen) atoms. The zero-order valence-electron chi connectivity index (χ0n) is 23.2. The van der Waals surface area contributed by atoms with Crippen LogP contribution in [0.3, 0.4) is 0 Å². The van der Waals surface area contributed by atoms with Gasteiger partial charge >= 0.3 is 0 Å². The van der Waals surface area contributed by atoms with Crippen LogP contribution in [0.2, 0.25) is 0 Å². The molecule has 2 aliphatic carbocycles. The van der Waals surface area contributed by atoms with Crippen molar-refractivity contribution in [2.45, 2.75) is 70.4 Å². The second-order valence-corrected chi connectivity index (χ2v) is 11.3. The fourth-order valence-electron chi connectivity index (χ4n) is 6.82. The summed E-state index contributed by atoms with van der Waals surface area (Å²) in [5.41, 5.74) is 1.12. The molecule has 5 atom stereocenters. The van der Waals surface area contributed by atoms with Crippen LogP contribution >= 0.6 is 0 Å². The first-order valence-electron chi connectivity index (χ1n) is 14.4. The van der Waals surface area contributed by atoms with E-state index in [0.717, 1.165) is 36.6 Å². The van der Waals surface area contributed by atoms with Gasteiger partial charge in [0.1, 0.15) is 23.3 Å². The third-order valence-electron chi connectivity index (χ3n) is 8.84. The van der Waals surface area contributed by atoms with E-state index >= 15 is 0 Å². The summed E-state index contributed by atoms with van der Waals surface area (Å²) in [5, 5.41) is 6.20. The van der Waals surface area contributed by atoms with Crippen LogP contribution in [0, 0.1) is 17.8 Å². The SMILES string of the molecule is CCCNC(=O)C(=O)[C@H](C[C@@H]1CCCC1=O)NC(=O)[C@@H]1[C@H]2CCC[C@H]2CN1C(=O)c1cc2c(OC)cccc2[nH]1. The molecule has 2 saturated carbocycles. The average molecular weight is 551 g/mol. The summed E-state index contributed by atoms with van der Waals surface area (Å²) >= 11 is 0. The number of fused-ring (bicyclic) bond motifs is 2. The van der Waals surface area contributed by atoms with Crippen LogP contribution in [-0.2, 0) is 19.2 Å². The van der Waals surface area contributed by atoms with Gasteiger partial charge in [0.25, 0.3) is 11.8 Å². The first-order valence-corrected chi connectivity index (χ1v) is 14.4. The molecule has 1 aliphatic heterocycles. The van der Waals surface area contributed by atoms with Crippen LogP contribution in [-0.4, -0.2) is 71.5 Å². The third kappa shape index (κ3) is 5.36. The van der Waals surface area contributed by atoms with E-state index in [9.17, 15) is 24.0 Å². The number of ketones is 2. The predicted octanol–water partition coefficient (Wildman–Crippen LogP) is 2.76. The minimum absolute atomic E-state index is 0.0272. The lowest BCUT2D eigenvalue weighted by molar-refractivity contribution is -0.141. The van der Waals surface area contributed by atoms with Gasteiger partial charge in [-0.2, -0.15) is 0 Å². The van der Waals surface area contributed by atoms with Gasteiger partial charge in [0, 0.05) is 36.3 Å². The maximum absolute atomic E-state index is 13.9. The number of carbonyl (C=O) groups excluding carboxylic acids is 5. The van der Waals surface area contributed by atoms with Crippen LogP contribution in [0.5, 0.6) is 5.75 Å². The summed E-state index contributed by atoms with van der Waals surface area (Å²) < 4.78 is 5.44. The molecule has 5 rings (SSSR count). The van der Waals surface area contributed by atoms with Crippen LogP contribution in [0.4, 0.5) is 0 Å². The summed E-state index contributed by atoms with van der Waals surface area (Å²) in [6.45, 7) is 2.68. The quantitative estimate of drug-likeness (QED) is 0.389. The number of benzene rings is 1. The number of H-pyrrole nitrogens is 1. The van der Waals surface area contributed by atoms with Gasteiger partial charge in [-0.3, -0.25) is 24.0 Å². The van der Waals surface area contributed by atoms with Crippen molar-refractivity contribution in [3.63, 3.8) is 0 Å². The molecule has 10 nitrogen and oxygen atoms in total. The molecule has 2 heterocycles. The number of rotatable bonds is 10. The molecule has 1 saturated heterocycles. The monoisotopic (exact) mass is 550 g/mol. The van der Waals surface area contributed by atoms with Crippen LogP contribution < -0.4 is 15.4 Å². The van der Waals surface area contributed by atoms with Gasteiger partial charge in [0.2, 0.25) is 11.7 Å². The third-order valence-corrected chi connectivity index (χ3v) is 8.84. The second kappa shape index (κ2) is 11.8. The van der Waals surface area contributed by atoms with E-state index in [0.29, 0.717) is 43.8 Å². The van der Waals surface area contributed by atoms with Gasteiger partial charge in [0.05, 0.1) is 13.2 Å². The number of Topliss-reactive ketones (excluding diaryl/α,β-unsaturated/α-hetero) is 2. The molecule has 10 heteroatoms. The smallest absolute Gasteiger partial charge is 0.289 e. The first-order chi connectivity index (χ1) is 19.3. The highest BCUT2D eigenvalue weighted by atomic mass is 16.5. The number of aromatic amines is 1. The number of nitrogens with zero attached hydrogens (tertiary/aromatic N) is 1. The van der Waals surface area contributed by atoms with E-state index in [4.69, 9.17) is 4.74 Å². The minimum Gasteiger partial charge on any atom is -0.496 e. The lowest BCUT2D eigenvalue weighted by atomic mass is 9.91. The lowest BCUT2D eigenvalue weighted by Gasteiger charge is -2.29. The standard InChI is InChI=1S/C30H38N4O6/c1-3-13-31-29(38)27(36)22(14-17-7-5-11-24(17)35)33-28(37)26-19-9-4-8-18(19)16-34(26)30(39)23-15-20-21(32-23)10-6-12-25(20)40-2/h6,10,12,15,17-19,22,26,32H,3-5,7-9,11,13-14,16H2,1-2H3,(H,31,38)(H,33,37)/t17-,18-,19-,22-,26-/m0/s1. The highest BCUT2D eigenvalue weighted by Crippen LogP contribution is 2.43. The van der Waals surface area contributed by atoms with E-state index < -0.39 is 29.7 Å². The summed E-state index contributed by atoms with van der Waals surface area (Å²) in [7, 11) is 1.57. The van der Waals surface area contributed by atoms with Crippen molar-refractivity contribution in [2.24, 2.45) is 17.8 Å². The van der Waals surface area contributed by atoms with Crippen molar-refractivity contribution in [1.82, 2.24) is 20.5 Å². The summed E-state index contributed by atoms with van der Waals surface area (Å²) in [6.07, 6.45) is 5.30. The maximum Gasteiger partial charge on any atom is 0.289 e. The number of methoxy groups -OCH3 is 1. The summed E-state index contributed by atoms with van der Waals surface area (Å²) in [4.78, 5) is 70.7. The largest absolute Gasteiger partial charge is 0.496 e. The number of ether oxygens (including phenoxy) is 1. The number of aromatic nitrogens is 1. The number of hydrogen-bond acceptors (Lipinski definition) is 6. The molecule has 214 valence electrons. The van der Waals surface area contributed by atoms with Gasteiger partial charge in [0.15, 0.2) is 0 Å². The Morgan fingerprint density at radius 3 is 2.70 bits per heavy atom. The highest BCUT2D eigenvalue weighted by Gasteiger charge is 2.50. The zero-order valence-corrected chi connectivity index (χ0v) is 23.2. The first kappa shape index (κ1) is 27.9. The van der Waals surface area contributed by atoms with E-state index in [1.54, 1.807) is 18.1 Å². The zero-order chi connectivity index (χ0) is 28.4. The molecular weight excluding hydrogens is 512 g/mol. The Bertz CT molecular complexity index is 1320. The molecule has 0 bridgehead atoms.